The molecule has 0 spiro atoms. The van der Waals surface area contributed by atoms with Gasteiger partial charge in [0.1, 0.15) is 0 Å². The molecule has 5 nitrogen and oxygen atoms in total. The molecule has 0 aliphatic rings. The van der Waals surface area contributed by atoms with Crippen molar-refractivity contribution in [2.45, 2.75) is 46.5 Å². The molecule has 146 valence electrons. The Bertz CT molecular complexity index is 756. The Balaban J connectivity index is 5.40. The first kappa shape index (κ1) is 23.9. The van der Waals surface area contributed by atoms with E-state index in [0.717, 1.165) is 18.6 Å². The molecular formula is C15H24F3NO4S2. The molecular weight excluding hydrogens is 379 g/mol. The highest BCUT2D eigenvalue weighted by Gasteiger charge is 2.48. The molecule has 1 N–H and O–H groups in total. The third kappa shape index (κ3) is 7.74. The first-order valence-corrected chi connectivity index (χ1v) is 10.3. The molecule has 0 aliphatic carbocycles. The SMILES string of the molecule is C=C(/C=C\C(=C/C)S(=O)(=O)NS(=O)(=O)C(F)(F)F)C(C)CC(C)(C)C. The second-order valence-corrected chi connectivity index (χ2v) is 10.4. The van der Waals surface area contributed by atoms with Crippen LogP contribution in [0.15, 0.2) is 35.3 Å². The fourth-order valence-electron chi connectivity index (χ4n) is 1.98. The third-order valence-electron chi connectivity index (χ3n) is 3.13. The predicted octanol–water partition coefficient (Wildman–Crippen LogP) is 3.84. The summed E-state index contributed by atoms with van der Waals surface area (Å²) < 4.78 is 83.5. The zero-order valence-electron chi connectivity index (χ0n) is 14.8. The molecule has 0 rings (SSSR count). The van der Waals surface area contributed by atoms with E-state index in [0.29, 0.717) is 9.70 Å². The molecule has 1 atom stereocenters. The molecule has 0 aromatic carbocycles. The first-order valence-electron chi connectivity index (χ1n) is 7.31. The lowest BCUT2D eigenvalue weighted by Crippen LogP contribution is -2.40. The summed E-state index contributed by atoms with van der Waals surface area (Å²) in [4.78, 5) is -0.607. The molecule has 0 bridgehead atoms. The van der Waals surface area contributed by atoms with Crippen molar-refractivity contribution in [1.29, 1.82) is 0 Å². The van der Waals surface area contributed by atoms with Crippen LogP contribution in [-0.4, -0.2) is 22.3 Å². The number of halogens is 3. The van der Waals surface area contributed by atoms with Gasteiger partial charge in [-0.2, -0.15) is 13.2 Å². The average Bonchev–Trinajstić information content (AvgIpc) is 2.33. The van der Waals surface area contributed by atoms with Crippen molar-refractivity contribution >= 4 is 20.0 Å². The van der Waals surface area contributed by atoms with Crippen LogP contribution >= 0.6 is 0 Å². The van der Waals surface area contributed by atoms with E-state index in [1.54, 1.807) is 0 Å². The summed E-state index contributed by atoms with van der Waals surface area (Å²) in [6, 6.07) is 0. The summed E-state index contributed by atoms with van der Waals surface area (Å²) in [5.74, 6) is 0.00364. The highest BCUT2D eigenvalue weighted by molar-refractivity contribution is 8.07. The van der Waals surface area contributed by atoms with Crippen LogP contribution < -0.4 is 4.13 Å². The average molecular weight is 403 g/mol. The molecule has 10 heteroatoms. The van der Waals surface area contributed by atoms with Gasteiger partial charge in [-0.25, -0.2) is 16.8 Å². The van der Waals surface area contributed by atoms with E-state index in [4.69, 9.17) is 0 Å². The number of hydrogen-bond donors (Lipinski definition) is 1. The summed E-state index contributed by atoms with van der Waals surface area (Å²) in [5, 5.41) is 0. The van der Waals surface area contributed by atoms with Crippen molar-refractivity contribution in [3.8, 4) is 0 Å². The lowest BCUT2D eigenvalue weighted by atomic mass is 9.82. The standard InChI is InChI=1S/C15H24F3NO4S2/c1-7-13(9-8-11(2)12(3)10-14(4,5)6)24(20,21)19-25(22,23)15(16,17)18/h7-9,12,19H,2,10H2,1,3-6H3/b9-8-,13-7+. The van der Waals surface area contributed by atoms with Gasteiger partial charge in [-0.05, 0) is 30.8 Å². The third-order valence-corrected chi connectivity index (χ3v) is 6.49. The number of hydrogen-bond acceptors (Lipinski definition) is 4. The van der Waals surface area contributed by atoms with Crippen LogP contribution in [0.3, 0.4) is 0 Å². The van der Waals surface area contributed by atoms with Crippen LogP contribution in [0.4, 0.5) is 13.2 Å². The smallest absolute Gasteiger partial charge is 0.206 e. The van der Waals surface area contributed by atoms with Gasteiger partial charge in [0, 0.05) is 0 Å². The molecule has 1 unspecified atom stereocenters. The van der Waals surface area contributed by atoms with Crippen LogP contribution in [0.2, 0.25) is 0 Å². The number of allylic oxidation sites excluding steroid dienone is 4. The summed E-state index contributed by atoms with van der Waals surface area (Å²) >= 11 is 0. The number of nitrogens with one attached hydrogen (secondary N) is 1. The Morgan fingerprint density at radius 2 is 1.60 bits per heavy atom. The van der Waals surface area contributed by atoms with Gasteiger partial charge in [0.05, 0.1) is 4.91 Å². The van der Waals surface area contributed by atoms with E-state index in [-0.39, 0.29) is 11.3 Å². The van der Waals surface area contributed by atoms with Crippen LogP contribution in [-0.2, 0) is 20.0 Å². The maximum absolute atomic E-state index is 12.3. The van der Waals surface area contributed by atoms with Gasteiger partial charge in [0.15, 0.2) is 0 Å². The molecule has 0 aromatic heterocycles. The lowest BCUT2D eigenvalue weighted by Gasteiger charge is -2.23. The zero-order valence-corrected chi connectivity index (χ0v) is 16.4. The van der Waals surface area contributed by atoms with Crippen molar-refractivity contribution < 1.29 is 30.0 Å². The highest BCUT2D eigenvalue weighted by Crippen LogP contribution is 2.29. The fourth-order valence-corrected chi connectivity index (χ4v) is 4.46. The van der Waals surface area contributed by atoms with E-state index in [2.05, 4.69) is 6.58 Å². The summed E-state index contributed by atoms with van der Waals surface area (Å²) in [7, 11) is -10.9. The number of alkyl halides is 3. The van der Waals surface area contributed by atoms with Gasteiger partial charge in [-0.1, -0.05) is 56.1 Å². The molecule has 0 radical (unpaired) electrons. The Morgan fingerprint density at radius 1 is 1.12 bits per heavy atom. The minimum atomic E-state index is -6.02. The minimum Gasteiger partial charge on any atom is -0.206 e. The maximum Gasteiger partial charge on any atom is 0.512 e. The molecule has 0 fully saturated rings. The van der Waals surface area contributed by atoms with Crippen molar-refractivity contribution in [1.82, 2.24) is 4.13 Å². The van der Waals surface area contributed by atoms with E-state index in [1.165, 1.54) is 13.0 Å². The van der Waals surface area contributed by atoms with E-state index < -0.39 is 30.5 Å². The van der Waals surface area contributed by atoms with Crippen molar-refractivity contribution in [2.75, 3.05) is 0 Å². The van der Waals surface area contributed by atoms with Gasteiger partial charge >= 0.3 is 15.5 Å². The lowest BCUT2D eigenvalue weighted by molar-refractivity contribution is -0.0441. The largest absolute Gasteiger partial charge is 0.512 e. The van der Waals surface area contributed by atoms with E-state index in [9.17, 15) is 30.0 Å². The van der Waals surface area contributed by atoms with Crippen molar-refractivity contribution in [3.05, 3.63) is 35.3 Å². The second-order valence-electron chi connectivity index (χ2n) is 6.80. The first-order chi connectivity index (χ1) is 10.9. The maximum atomic E-state index is 12.3. The Labute approximate surface area is 147 Å². The molecule has 0 saturated carbocycles. The summed E-state index contributed by atoms with van der Waals surface area (Å²) in [5.41, 5.74) is -5.15. The van der Waals surface area contributed by atoms with Gasteiger partial charge in [-0.15, -0.1) is 0 Å². The van der Waals surface area contributed by atoms with Gasteiger partial charge in [0.2, 0.25) is 0 Å². The Morgan fingerprint density at radius 3 is 1.96 bits per heavy atom. The zero-order chi connectivity index (χ0) is 20.3. The predicted molar refractivity (Wildman–Crippen MR) is 92.3 cm³/mol. The normalized spacial score (nSPS) is 16.2. The fraction of sp³-hybridized carbons (Fsp3) is 0.600. The van der Waals surface area contributed by atoms with Gasteiger partial charge in [0.25, 0.3) is 10.0 Å². The molecule has 0 saturated heterocycles. The number of sulfonamides is 2. The van der Waals surface area contributed by atoms with Crippen LogP contribution in [0.1, 0.15) is 41.0 Å². The summed E-state index contributed by atoms with van der Waals surface area (Å²) in [6.45, 7) is 13.0. The quantitative estimate of drug-likeness (QED) is 0.655. The topological polar surface area (TPSA) is 80.3 Å². The molecule has 25 heavy (non-hydrogen) atoms. The van der Waals surface area contributed by atoms with Crippen LogP contribution in [0.25, 0.3) is 0 Å². The summed E-state index contributed by atoms with van der Waals surface area (Å²) in [6.07, 6.45) is 4.13. The van der Waals surface area contributed by atoms with Gasteiger partial charge < -0.3 is 0 Å². The highest BCUT2D eigenvalue weighted by atomic mass is 32.3. The Kier molecular flexibility index (Phi) is 7.68. The van der Waals surface area contributed by atoms with Crippen LogP contribution in [0, 0.1) is 11.3 Å². The second kappa shape index (κ2) is 8.05. The molecule has 0 aromatic rings. The van der Waals surface area contributed by atoms with Crippen molar-refractivity contribution in [3.63, 3.8) is 0 Å². The monoisotopic (exact) mass is 403 g/mol. The van der Waals surface area contributed by atoms with E-state index in [1.807, 2.05) is 27.7 Å². The molecule has 0 heterocycles. The minimum absolute atomic E-state index is 0.00364. The van der Waals surface area contributed by atoms with Crippen LogP contribution in [0.5, 0.6) is 0 Å². The van der Waals surface area contributed by atoms with E-state index >= 15 is 0 Å². The van der Waals surface area contributed by atoms with Gasteiger partial charge in [-0.3, -0.25) is 0 Å². The molecule has 0 amide bonds. The number of rotatable bonds is 7. The van der Waals surface area contributed by atoms with Crippen molar-refractivity contribution in [2.24, 2.45) is 11.3 Å². The molecule has 0 aliphatic heterocycles. The Hall–Kier alpha value is -1.13.